The molecule has 1 rings (SSSR count). The first kappa shape index (κ1) is 13.3. The summed E-state index contributed by atoms with van der Waals surface area (Å²) >= 11 is 17.0. The Morgan fingerprint density at radius 1 is 1.53 bits per heavy atom. The Balaban J connectivity index is 2.99. The van der Waals surface area contributed by atoms with E-state index in [1.165, 1.54) is 11.8 Å². The van der Waals surface area contributed by atoms with Gasteiger partial charge in [0.05, 0.1) is 0 Å². The van der Waals surface area contributed by atoms with E-state index in [0.717, 1.165) is 0 Å². The molecule has 15 heavy (non-hydrogen) atoms. The lowest BCUT2D eigenvalue weighted by molar-refractivity contribution is 0.387. The van der Waals surface area contributed by atoms with Crippen molar-refractivity contribution in [3.05, 3.63) is 10.2 Å². The number of rotatable bonds is 4. The Labute approximate surface area is 104 Å². The molecule has 1 aromatic heterocycles. The molecular weight excluding hydrogens is 278 g/mol. The predicted octanol–water partition coefficient (Wildman–Crippen LogP) is 3.08. The quantitative estimate of drug-likeness (QED) is 0.798. The topological polar surface area (TPSA) is 36.3 Å². The molecule has 8 heteroatoms. The van der Waals surface area contributed by atoms with Gasteiger partial charge in [-0.25, -0.2) is 0 Å². The SMILES string of the molecule is CCP(=S)(OC)Oc1nn(C)c(Cl)c1Cl. The zero-order valence-corrected chi connectivity index (χ0v) is 11.8. The van der Waals surface area contributed by atoms with Crippen LogP contribution in [0.2, 0.25) is 10.2 Å². The van der Waals surface area contributed by atoms with E-state index in [0.29, 0.717) is 11.3 Å². The van der Waals surface area contributed by atoms with Gasteiger partial charge in [0.15, 0.2) is 0 Å². The Kier molecular flexibility index (Phi) is 4.44. The molecule has 0 saturated carbocycles. The van der Waals surface area contributed by atoms with Gasteiger partial charge in [-0.15, -0.1) is 5.10 Å². The van der Waals surface area contributed by atoms with Crippen molar-refractivity contribution in [3.63, 3.8) is 0 Å². The fourth-order valence-corrected chi connectivity index (χ4v) is 2.31. The molecule has 0 aliphatic rings. The van der Waals surface area contributed by atoms with Crippen LogP contribution in [0.5, 0.6) is 5.88 Å². The van der Waals surface area contributed by atoms with Crippen LogP contribution in [-0.4, -0.2) is 23.1 Å². The molecule has 0 fully saturated rings. The third-order valence-electron chi connectivity index (χ3n) is 1.78. The maximum absolute atomic E-state index is 5.91. The number of hydrogen-bond donors (Lipinski definition) is 0. The summed E-state index contributed by atoms with van der Waals surface area (Å²) in [6.45, 7) is -0.430. The number of nitrogens with zero attached hydrogens (tertiary/aromatic N) is 2. The van der Waals surface area contributed by atoms with Crippen LogP contribution in [0, 0.1) is 0 Å². The summed E-state index contributed by atoms with van der Waals surface area (Å²) in [5.74, 6) is 0.233. The minimum Gasteiger partial charge on any atom is -0.422 e. The van der Waals surface area contributed by atoms with Crippen LogP contribution in [0.15, 0.2) is 0 Å². The summed E-state index contributed by atoms with van der Waals surface area (Å²) in [5, 5.41) is 4.59. The third-order valence-corrected chi connectivity index (χ3v) is 5.88. The second-order valence-corrected chi connectivity index (χ2v) is 7.54. The van der Waals surface area contributed by atoms with Gasteiger partial charge in [0, 0.05) is 20.3 Å². The average Bonchev–Trinajstić information content (AvgIpc) is 2.46. The van der Waals surface area contributed by atoms with Crippen molar-refractivity contribution in [2.75, 3.05) is 13.3 Å². The van der Waals surface area contributed by atoms with Gasteiger partial charge in [0.1, 0.15) is 10.2 Å². The molecule has 4 nitrogen and oxygen atoms in total. The lowest BCUT2D eigenvalue weighted by Crippen LogP contribution is -1.98. The van der Waals surface area contributed by atoms with E-state index in [-0.39, 0.29) is 10.9 Å². The van der Waals surface area contributed by atoms with Crippen LogP contribution >= 0.6 is 29.7 Å². The molecule has 1 heterocycles. The summed E-state index contributed by atoms with van der Waals surface area (Å²) in [6, 6.07) is 0. The lowest BCUT2D eigenvalue weighted by atomic mass is 10.7. The maximum atomic E-state index is 5.91. The molecule has 0 saturated heterocycles. The standard InChI is InChI=1S/C7H11Cl2N2O2PS/c1-4-14(15,12-3)13-7-5(8)6(9)11(2)10-7/h4H2,1-3H3. The van der Waals surface area contributed by atoms with Crippen molar-refractivity contribution in [3.8, 4) is 5.88 Å². The van der Waals surface area contributed by atoms with Crippen LogP contribution in [0.3, 0.4) is 0 Å². The van der Waals surface area contributed by atoms with Gasteiger partial charge in [-0.3, -0.25) is 4.68 Å². The molecule has 1 atom stereocenters. The smallest absolute Gasteiger partial charge is 0.258 e. The van der Waals surface area contributed by atoms with E-state index in [4.69, 9.17) is 44.1 Å². The molecule has 0 radical (unpaired) electrons. The van der Waals surface area contributed by atoms with Gasteiger partial charge < -0.3 is 9.05 Å². The predicted molar refractivity (Wildman–Crippen MR) is 65.7 cm³/mol. The highest BCUT2D eigenvalue weighted by atomic mass is 35.5. The Bertz CT molecular complexity index is 402. The molecule has 0 aromatic carbocycles. The van der Waals surface area contributed by atoms with Gasteiger partial charge in [-0.1, -0.05) is 30.1 Å². The molecule has 0 bridgehead atoms. The van der Waals surface area contributed by atoms with E-state index in [2.05, 4.69) is 5.10 Å². The van der Waals surface area contributed by atoms with E-state index in [9.17, 15) is 0 Å². The van der Waals surface area contributed by atoms with Gasteiger partial charge in [-0.05, 0) is 11.8 Å². The Morgan fingerprint density at radius 2 is 2.13 bits per heavy atom. The van der Waals surface area contributed by atoms with E-state index in [1.807, 2.05) is 6.92 Å². The normalized spacial score (nSPS) is 15.0. The lowest BCUT2D eigenvalue weighted by Gasteiger charge is -2.17. The molecule has 0 aliphatic heterocycles. The van der Waals surface area contributed by atoms with E-state index < -0.39 is 6.49 Å². The molecule has 1 unspecified atom stereocenters. The maximum Gasteiger partial charge on any atom is 0.258 e. The molecule has 0 spiro atoms. The van der Waals surface area contributed by atoms with Crippen molar-refractivity contribution in [2.45, 2.75) is 6.92 Å². The van der Waals surface area contributed by atoms with Gasteiger partial charge in [-0.2, -0.15) is 0 Å². The molecule has 0 aliphatic carbocycles. The number of aromatic nitrogens is 2. The van der Waals surface area contributed by atoms with Crippen LogP contribution < -0.4 is 4.52 Å². The molecule has 0 amide bonds. The summed E-state index contributed by atoms with van der Waals surface area (Å²) < 4.78 is 12.1. The minimum atomic E-state index is -2.32. The largest absolute Gasteiger partial charge is 0.422 e. The first-order chi connectivity index (χ1) is 6.93. The Morgan fingerprint density at radius 3 is 2.47 bits per heavy atom. The van der Waals surface area contributed by atoms with Gasteiger partial charge in [0.25, 0.3) is 5.88 Å². The fraction of sp³-hybridized carbons (Fsp3) is 0.571. The van der Waals surface area contributed by atoms with Crippen LogP contribution in [0.25, 0.3) is 0 Å². The highest BCUT2D eigenvalue weighted by Gasteiger charge is 2.22. The summed E-state index contributed by atoms with van der Waals surface area (Å²) in [6.07, 6.45) is 0.601. The van der Waals surface area contributed by atoms with Gasteiger partial charge >= 0.3 is 0 Å². The van der Waals surface area contributed by atoms with Crippen molar-refractivity contribution in [1.82, 2.24) is 9.78 Å². The summed E-state index contributed by atoms with van der Waals surface area (Å²) in [4.78, 5) is 0. The van der Waals surface area contributed by atoms with Crippen molar-refractivity contribution in [1.29, 1.82) is 0 Å². The second kappa shape index (κ2) is 5.02. The van der Waals surface area contributed by atoms with Crippen LogP contribution in [0.4, 0.5) is 0 Å². The number of aryl methyl sites for hydroxylation is 1. The highest BCUT2D eigenvalue weighted by Crippen LogP contribution is 2.49. The average molecular weight is 289 g/mol. The minimum absolute atomic E-state index is 0.233. The number of hydrogen-bond acceptors (Lipinski definition) is 4. The summed E-state index contributed by atoms with van der Waals surface area (Å²) in [5.41, 5.74) is 0. The Hall–Kier alpha value is 0.200. The van der Waals surface area contributed by atoms with E-state index >= 15 is 0 Å². The zero-order chi connectivity index (χ0) is 11.6. The summed E-state index contributed by atoms with van der Waals surface area (Å²) in [7, 11) is 3.19. The first-order valence-electron chi connectivity index (χ1n) is 4.16. The monoisotopic (exact) mass is 288 g/mol. The molecule has 86 valence electrons. The second-order valence-electron chi connectivity index (χ2n) is 2.73. The molecular formula is C7H11Cl2N2O2PS. The van der Waals surface area contributed by atoms with Crippen molar-refractivity contribution in [2.24, 2.45) is 7.05 Å². The molecule has 0 N–H and O–H groups in total. The third kappa shape index (κ3) is 2.86. The number of halogens is 2. The van der Waals surface area contributed by atoms with Crippen molar-refractivity contribution >= 4 is 41.5 Å². The van der Waals surface area contributed by atoms with Crippen LogP contribution in [0.1, 0.15) is 6.92 Å². The van der Waals surface area contributed by atoms with Gasteiger partial charge in [0.2, 0.25) is 6.49 Å². The highest BCUT2D eigenvalue weighted by molar-refractivity contribution is 8.10. The van der Waals surface area contributed by atoms with Crippen LogP contribution in [-0.2, 0) is 23.4 Å². The van der Waals surface area contributed by atoms with Crippen molar-refractivity contribution < 1.29 is 9.05 Å². The first-order valence-corrected chi connectivity index (χ1v) is 7.74. The van der Waals surface area contributed by atoms with E-state index in [1.54, 1.807) is 7.05 Å². The zero-order valence-electron chi connectivity index (χ0n) is 8.53. The molecule has 1 aromatic rings. The fourth-order valence-electron chi connectivity index (χ4n) is 0.875.